The number of fused-ring (bicyclic) bond motifs is 3. The highest BCUT2D eigenvalue weighted by Crippen LogP contribution is 2.44. The predicted octanol–water partition coefficient (Wildman–Crippen LogP) is 1.82. The molecule has 2 aromatic carbocycles. The molecule has 130 valence electrons. The van der Waals surface area contributed by atoms with E-state index in [1.807, 2.05) is 36.4 Å². The summed E-state index contributed by atoms with van der Waals surface area (Å²) in [5.74, 6) is -1.89. The molecule has 6 nitrogen and oxygen atoms in total. The number of carbonyl (C=O) groups is 2. The Hall–Kier alpha value is -2.70. The van der Waals surface area contributed by atoms with E-state index in [9.17, 15) is 9.59 Å². The Balaban J connectivity index is 1.68. The molecule has 25 heavy (non-hydrogen) atoms. The van der Waals surface area contributed by atoms with E-state index >= 15 is 0 Å². The molecule has 0 unspecified atom stereocenters. The predicted molar refractivity (Wildman–Crippen MR) is 92.7 cm³/mol. The van der Waals surface area contributed by atoms with Crippen LogP contribution < -0.4 is 11.5 Å². The minimum atomic E-state index is -1.93. The lowest BCUT2D eigenvalue weighted by Crippen LogP contribution is -2.56. The second-order valence-corrected chi connectivity index (χ2v) is 6.26. The van der Waals surface area contributed by atoms with Crippen molar-refractivity contribution in [3.05, 3.63) is 59.7 Å². The molecule has 1 aliphatic carbocycles. The molecule has 3 rings (SSSR count). The molecule has 2 aromatic rings. The molecule has 0 radical (unpaired) electrons. The zero-order chi connectivity index (χ0) is 18.0. The van der Waals surface area contributed by atoms with Gasteiger partial charge in [0, 0.05) is 12.3 Å². The third-order valence-corrected chi connectivity index (χ3v) is 4.51. The van der Waals surface area contributed by atoms with Crippen molar-refractivity contribution in [3.63, 3.8) is 0 Å². The molecular formula is C19H20N2O4. The first-order valence-corrected chi connectivity index (χ1v) is 8.05. The maximum absolute atomic E-state index is 12.0. The van der Waals surface area contributed by atoms with Crippen LogP contribution in [0.4, 0.5) is 0 Å². The first-order chi connectivity index (χ1) is 11.9. The minimum Gasteiger partial charge on any atom is -0.479 e. The molecule has 5 N–H and O–H groups in total. The normalized spacial score (nSPS) is 13.2. The number of carboxylic acids is 1. The molecular weight excluding hydrogens is 320 g/mol. The first kappa shape index (κ1) is 17.1. The van der Waals surface area contributed by atoms with Crippen molar-refractivity contribution < 1.29 is 19.4 Å². The van der Waals surface area contributed by atoms with Crippen LogP contribution in [0.25, 0.3) is 11.1 Å². The summed E-state index contributed by atoms with van der Waals surface area (Å²) in [7, 11) is 0. The summed E-state index contributed by atoms with van der Waals surface area (Å²) < 4.78 is 5.37. The number of hydrogen-bond acceptors (Lipinski definition) is 5. The summed E-state index contributed by atoms with van der Waals surface area (Å²) in [5, 5.41) is 8.87. The van der Waals surface area contributed by atoms with Gasteiger partial charge in [-0.05, 0) is 28.7 Å². The molecule has 0 saturated heterocycles. The summed E-state index contributed by atoms with van der Waals surface area (Å²) in [4.78, 5) is 22.8. The number of aliphatic carboxylic acids is 1. The quantitative estimate of drug-likeness (QED) is 0.546. The number of benzene rings is 2. The van der Waals surface area contributed by atoms with Crippen LogP contribution in [0, 0.1) is 0 Å². The van der Waals surface area contributed by atoms with Crippen LogP contribution in [0.1, 0.15) is 29.9 Å². The lowest BCUT2D eigenvalue weighted by molar-refractivity contribution is -0.146. The summed E-state index contributed by atoms with van der Waals surface area (Å²) in [5.41, 5.74) is 13.5. The highest BCUT2D eigenvalue weighted by atomic mass is 16.5. The van der Waals surface area contributed by atoms with Crippen molar-refractivity contribution in [3.8, 4) is 11.1 Å². The molecule has 0 fully saturated rings. The van der Waals surface area contributed by atoms with Gasteiger partial charge < -0.3 is 21.3 Å². The van der Waals surface area contributed by atoms with Crippen LogP contribution in [0.5, 0.6) is 0 Å². The maximum Gasteiger partial charge on any atom is 0.338 e. The molecule has 0 bridgehead atoms. The van der Waals surface area contributed by atoms with Gasteiger partial charge in [-0.1, -0.05) is 48.5 Å². The van der Waals surface area contributed by atoms with Gasteiger partial charge in [-0.15, -0.1) is 0 Å². The average Bonchev–Trinajstić information content (AvgIpc) is 2.92. The Kier molecular flexibility index (Phi) is 4.57. The van der Waals surface area contributed by atoms with E-state index in [2.05, 4.69) is 12.1 Å². The monoisotopic (exact) mass is 340 g/mol. The molecule has 0 heterocycles. The van der Waals surface area contributed by atoms with Gasteiger partial charge >= 0.3 is 11.9 Å². The Bertz CT molecular complexity index is 771. The molecule has 0 saturated carbocycles. The van der Waals surface area contributed by atoms with Gasteiger partial charge in [0.2, 0.25) is 0 Å². The largest absolute Gasteiger partial charge is 0.479 e. The fraction of sp³-hybridized carbons (Fsp3) is 0.263. The van der Waals surface area contributed by atoms with Crippen molar-refractivity contribution in [2.45, 2.75) is 24.4 Å². The number of rotatable bonds is 6. The molecule has 0 amide bonds. The minimum absolute atomic E-state index is 0.0312. The van der Waals surface area contributed by atoms with E-state index in [1.165, 1.54) is 0 Å². The van der Waals surface area contributed by atoms with E-state index in [-0.39, 0.29) is 25.4 Å². The number of nitrogens with two attached hydrogens (primary N) is 2. The van der Waals surface area contributed by atoms with Gasteiger partial charge in [0.05, 0.1) is 0 Å². The van der Waals surface area contributed by atoms with Crippen molar-refractivity contribution in [1.82, 2.24) is 0 Å². The van der Waals surface area contributed by atoms with Crippen molar-refractivity contribution >= 4 is 11.9 Å². The Morgan fingerprint density at radius 1 is 1.00 bits per heavy atom. The van der Waals surface area contributed by atoms with Gasteiger partial charge in [-0.3, -0.25) is 4.79 Å². The van der Waals surface area contributed by atoms with E-state index in [0.717, 1.165) is 22.3 Å². The van der Waals surface area contributed by atoms with Crippen LogP contribution >= 0.6 is 0 Å². The third kappa shape index (κ3) is 3.40. The lowest BCUT2D eigenvalue weighted by atomic mass is 9.98. The first-order valence-electron chi connectivity index (χ1n) is 8.05. The van der Waals surface area contributed by atoms with E-state index in [1.54, 1.807) is 0 Å². The molecule has 1 aliphatic rings. The zero-order valence-electron chi connectivity index (χ0n) is 13.6. The second-order valence-electron chi connectivity index (χ2n) is 6.26. The van der Waals surface area contributed by atoms with Crippen LogP contribution in [0.15, 0.2) is 48.5 Å². The van der Waals surface area contributed by atoms with Crippen molar-refractivity contribution in [2.75, 3.05) is 6.61 Å². The van der Waals surface area contributed by atoms with E-state index in [4.69, 9.17) is 21.3 Å². The van der Waals surface area contributed by atoms with E-state index in [0.29, 0.717) is 0 Å². The summed E-state index contributed by atoms with van der Waals surface area (Å²) >= 11 is 0. The summed E-state index contributed by atoms with van der Waals surface area (Å²) in [6, 6.07) is 16.1. The SMILES string of the molecule is NC(N)(CCC(=O)OCC1c2ccccc2-c2ccccc21)C(=O)O. The highest BCUT2D eigenvalue weighted by Gasteiger charge is 2.31. The fourth-order valence-corrected chi connectivity index (χ4v) is 3.10. The number of carboxylic acid groups (broad SMARTS) is 1. The lowest BCUT2D eigenvalue weighted by Gasteiger charge is -2.19. The number of hydrogen-bond donors (Lipinski definition) is 3. The van der Waals surface area contributed by atoms with E-state index < -0.39 is 17.6 Å². The third-order valence-electron chi connectivity index (χ3n) is 4.51. The van der Waals surface area contributed by atoms with Crippen LogP contribution in [-0.2, 0) is 14.3 Å². The average molecular weight is 340 g/mol. The summed E-state index contributed by atoms with van der Waals surface area (Å²) in [6.07, 6.45) is -0.325. The smallest absolute Gasteiger partial charge is 0.338 e. The second kappa shape index (κ2) is 6.66. The van der Waals surface area contributed by atoms with Gasteiger partial charge in [-0.25, -0.2) is 4.79 Å². The number of ether oxygens (including phenoxy) is 1. The molecule has 0 spiro atoms. The van der Waals surface area contributed by atoms with Gasteiger partial charge in [-0.2, -0.15) is 0 Å². The Morgan fingerprint density at radius 3 is 2.04 bits per heavy atom. The zero-order valence-corrected chi connectivity index (χ0v) is 13.6. The summed E-state index contributed by atoms with van der Waals surface area (Å²) in [6.45, 7) is 0.197. The fourth-order valence-electron chi connectivity index (χ4n) is 3.10. The topological polar surface area (TPSA) is 116 Å². The van der Waals surface area contributed by atoms with Crippen LogP contribution in [0.2, 0.25) is 0 Å². The molecule has 6 heteroatoms. The van der Waals surface area contributed by atoms with Crippen molar-refractivity contribution in [1.29, 1.82) is 0 Å². The van der Waals surface area contributed by atoms with Gasteiger partial charge in [0.25, 0.3) is 0 Å². The molecule has 0 aromatic heterocycles. The Morgan fingerprint density at radius 2 is 1.52 bits per heavy atom. The van der Waals surface area contributed by atoms with Crippen LogP contribution in [-0.4, -0.2) is 29.3 Å². The highest BCUT2D eigenvalue weighted by molar-refractivity contribution is 5.80. The van der Waals surface area contributed by atoms with Crippen molar-refractivity contribution in [2.24, 2.45) is 11.5 Å². The molecule has 0 aliphatic heterocycles. The van der Waals surface area contributed by atoms with Gasteiger partial charge in [0.15, 0.2) is 5.66 Å². The number of carbonyl (C=O) groups excluding carboxylic acids is 1. The maximum atomic E-state index is 12.0. The van der Waals surface area contributed by atoms with Gasteiger partial charge in [0.1, 0.15) is 6.61 Å². The molecule has 0 atom stereocenters. The Labute approximate surface area is 145 Å². The van der Waals surface area contributed by atoms with Crippen LogP contribution in [0.3, 0.4) is 0 Å². The number of esters is 1. The standard InChI is InChI=1S/C19H20N2O4/c20-19(21,18(23)24)10-9-17(22)25-11-16-14-7-3-1-5-12(14)13-6-2-4-8-15(13)16/h1-8,16H,9-11,20-21H2,(H,23,24).